The van der Waals surface area contributed by atoms with Crippen LogP contribution in [0.1, 0.15) is 52.4 Å². The van der Waals surface area contributed by atoms with Gasteiger partial charge in [-0.3, -0.25) is 4.79 Å². The number of para-hydroxylation sites is 1. The number of methoxy groups -OCH3 is 1. The van der Waals surface area contributed by atoms with Gasteiger partial charge in [0.25, 0.3) is 5.91 Å². The summed E-state index contributed by atoms with van der Waals surface area (Å²) < 4.78 is 10.2. The number of aromatic nitrogens is 4. The molecule has 29 heavy (non-hydrogen) atoms. The van der Waals surface area contributed by atoms with E-state index in [1.165, 1.54) is 18.2 Å². The third-order valence-electron chi connectivity index (χ3n) is 5.18. The molecule has 3 heterocycles. The van der Waals surface area contributed by atoms with Gasteiger partial charge in [0, 0.05) is 12.6 Å². The second-order valence-corrected chi connectivity index (χ2v) is 6.98. The maximum absolute atomic E-state index is 13.4. The van der Waals surface area contributed by atoms with Gasteiger partial charge in [-0.2, -0.15) is 15.0 Å². The molecule has 1 saturated heterocycles. The molecule has 1 aliphatic heterocycles. The number of oxazole rings is 1. The lowest BCUT2D eigenvalue weighted by atomic mass is 9.92. The number of carbonyl (C=O) groups excluding carboxylic acids is 2. The lowest BCUT2D eigenvalue weighted by Gasteiger charge is -2.37. The first-order valence-corrected chi connectivity index (χ1v) is 9.39. The molecule has 1 fully saturated rings. The van der Waals surface area contributed by atoms with E-state index in [-0.39, 0.29) is 23.6 Å². The number of ether oxygens (including phenoxy) is 1. The summed E-state index contributed by atoms with van der Waals surface area (Å²) in [6.45, 7) is 2.47. The summed E-state index contributed by atoms with van der Waals surface area (Å²) in [5, 5.41) is 8.30. The minimum atomic E-state index is -0.544. The molecular weight excluding hydrogens is 374 g/mol. The topological polar surface area (TPSA) is 103 Å². The van der Waals surface area contributed by atoms with Gasteiger partial charge >= 0.3 is 5.97 Å². The molecule has 1 amide bonds. The zero-order valence-corrected chi connectivity index (χ0v) is 16.2. The summed E-state index contributed by atoms with van der Waals surface area (Å²) >= 11 is 0. The van der Waals surface area contributed by atoms with E-state index >= 15 is 0 Å². The van der Waals surface area contributed by atoms with Gasteiger partial charge in [0.05, 0.1) is 36.7 Å². The number of likely N-dealkylation sites (tertiary alicyclic amines) is 1. The Bertz CT molecular complexity index is 1010. The summed E-state index contributed by atoms with van der Waals surface area (Å²) in [4.78, 5) is 32.6. The van der Waals surface area contributed by atoms with Crippen LogP contribution < -0.4 is 0 Å². The van der Waals surface area contributed by atoms with Crippen LogP contribution in [0, 0.1) is 0 Å². The van der Waals surface area contributed by atoms with Gasteiger partial charge in [-0.05, 0) is 31.9 Å². The second kappa shape index (κ2) is 7.86. The van der Waals surface area contributed by atoms with Crippen LogP contribution in [0.25, 0.3) is 5.69 Å². The Morgan fingerprint density at radius 2 is 1.93 bits per heavy atom. The van der Waals surface area contributed by atoms with Crippen LogP contribution in [0.2, 0.25) is 0 Å². The highest BCUT2D eigenvalue weighted by Crippen LogP contribution is 2.31. The van der Waals surface area contributed by atoms with Crippen LogP contribution >= 0.6 is 0 Å². The standard InChI is InChI=1S/C20H21N5O4/c1-13-7-8-14(18-23-16(12-29-18)20(27)28-2)11-24(13)19(26)15-5-3-4-6-17(15)25-21-9-10-22-25/h3-6,9-10,12-14H,7-8,11H2,1-2H3/t13-,14-/m1/s1. The van der Waals surface area contributed by atoms with Gasteiger partial charge in [0.15, 0.2) is 11.6 Å². The Hall–Kier alpha value is -3.49. The van der Waals surface area contributed by atoms with Crippen molar-refractivity contribution < 1.29 is 18.7 Å². The average molecular weight is 395 g/mol. The molecule has 4 rings (SSSR count). The summed E-state index contributed by atoms with van der Waals surface area (Å²) in [5.74, 6) is -0.298. The third kappa shape index (κ3) is 3.63. The first-order chi connectivity index (χ1) is 14.1. The molecule has 9 heteroatoms. The van der Waals surface area contributed by atoms with Crippen LogP contribution in [0.15, 0.2) is 47.3 Å². The van der Waals surface area contributed by atoms with E-state index in [0.29, 0.717) is 23.7 Å². The normalized spacial score (nSPS) is 19.2. The molecule has 0 spiro atoms. The molecule has 1 aliphatic rings. The maximum atomic E-state index is 13.4. The molecule has 150 valence electrons. The van der Waals surface area contributed by atoms with E-state index in [0.717, 1.165) is 12.8 Å². The van der Waals surface area contributed by atoms with Gasteiger partial charge in [0.1, 0.15) is 6.26 Å². The third-order valence-corrected chi connectivity index (χ3v) is 5.18. The van der Waals surface area contributed by atoms with Gasteiger partial charge < -0.3 is 14.1 Å². The highest BCUT2D eigenvalue weighted by Gasteiger charge is 2.34. The Balaban J connectivity index is 1.59. The molecule has 0 unspecified atom stereocenters. The number of nitrogens with zero attached hydrogens (tertiary/aromatic N) is 5. The fraction of sp³-hybridized carbons (Fsp3) is 0.350. The highest BCUT2D eigenvalue weighted by atomic mass is 16.5. The summed E-state index contributed by atoms with van der Waals surface area (Å²) in [7, 11) is 1.30. The minimum absolute atomic E-state index is 0.0624. The minimum Gasteiger partial charge on any atom is -0.464 e. The largest absolute Gasteiger partial charge is 0.464 e. The summed E-state index contributed by atoms with van der Waals surface area (Å²) in [6, 6.07) is 7.32. The quantitative estimate of drug-likeness (QED) is 0.625. The number of carbonyl (C=O) groups is 2. The maximum Gasteiger partial charge on any atom is 0.360 e. The summed E-state index contributed by atoms with van der Waals surface area (Å²) in [6.07, 6.45) is 6.05. The zero-order chi connectivity index (χ0) is 20.4. The van der Waals surface area contributed by atoms with Crippen LogP contribution in [-0.4, -0.2) is 56.5 Å². The van der Waals surface area contributed by atoms with Crippen molar-refractivity contribution in [1.82, 2.24) is 24.9 Å². The van der Waals surface area contributed by atoms with Crippen LogP contribution in [0.5, 0.6) is 0 Å². The molecule has 2 aromatic heterocycles. The molecule has 1 aromatic carbocycles. The average Bonchev–Trinajstić information content (AvgIpc) is 3.45. The van der Waals surface area contributed by atoms with Crippen molar-refractivity contribution >= 4 is 11.9 Å². The van der Waals surface area contributed by atoms with E-state index < -0.39 is 5.97 Å². The number of amides is 1. The lowest BCUT2D eigenvalue weighted by molar-refractivity contribution is 0.0582. The number of benzene rings is 1. The van der Waals surface area contributed by atoms with Crippen molar-refractivity contribution in [3.05, 3.63) is 60.1 Å². The monoisotopic (exact) mass is 395 g/mol. The van der Waals surface area contributed by atoms with E-state index in [2.05, 4.69) is 19.9 Å². The van der Waals surface area contributed by atoms with Crippen LogP contribution in [-0.2, 0) is 4.74 Å². The van der Waals surface area contributed by atoms with Gasteiger partial charge in [-0.1, -0.05) is 12.1 Å². The van der Waals surface area contributed by atoms with Crippen molar-refractivity contribution in [3.8, 4) is 5.69 Å². The molecule has 0 saturated carbocycles. The van der Waals surface area contributed by atoms with Crippen molar-refractivity contribution in [2.75, 3.05) is 13.7 Å². The molecule has 0 aliphatic carbocycles. The van der Waals surface area contributed by atoms with E-state index in [4.69, 9.17) is 4.42 Å². The SMILES string of the molecule is COC(=O)c1coc([C@@H]2CC[C@@H](C)N(C(=O)c3ccccc3-n3nccn3)C2)n1. The van der Waals surface area contributed by atoms with Crippen LogP contribution in [0.4, 0.5) is 0 Å². The van der Waals surface area contributed by atoms with Gasteiger partial charge in [0.2, 0.25) is 0 Å². The fourth-order valence-electron chi connectivity index (χ4n) is 3.59. The Morgan fingerprint density at radius 3 is 2.69 bits per heavy atom. The number of piperidine rings is 1. The second-order valence-electron chi connectivity index (χ2n) is 6.98. The van der Waals surface area contributed by atoms with E-state index in [9.17, 15) is 9.59 Å². The van der Waals surface area contributed by atoms with Crippen LogP contribution in [0.3, 0.4) is 0 Å². The molecule has 0 radical (unpaired) electrons. The predicted molar refractivity (Wildman–Crippen MR) is 102 cm³/mol. The van der Waals surface area contributed by atoms with Crippen molar-refractivity contribution in [2.24, 2.45) is 0 Å². The summed E-state index contributed by atoms with van der Waals surface area (Å²) in [5.41, 5.74) is 1.29. The zero-order valence-electron chi connectivity index (χ0n) is 16.2. The molecular formula is C20H21N5O4. The Morgan fingerprint density at radius 1 is 1.17 bits per heavy atom. The molecule has 0 bridgehead atoms. The molecule has 0 N–H and O–H groups in total. The first-order valence-electron chi connectivity index (χ1n) is 9.39. The van der Waals surface area contributed by atoms with Gasteiger partial charge in [-0.25, -0.2) is 9.78 Å². The number of esters is 1. The smallest absolute Gasteiger partial charge is 0.360 e. The van der Waals surface area contributed by atoms with Gasteiger partial charge in [-0.15, -0.1) is 0 Å². The van der Waals surface area contributed by atoms with Crippen molar-refractivity contribution in [1.29, 1.82) is 0 Å². The highest BCUT2D eigenvalue weighted by molar-refractivity contribution is 5.98. The molecule has 3 aromatic rings. The van der Waals surface area contributed by atoms with E-state index in [1.54, 1.807) is 18.5 Å². The number of hydrogen-bond donors (Lipinski definition) is 0. The number of hydrogen-bond acceptors (Lipinski definition) is 7. The lowest BCUT2D eigenvalue weighted by Crippen LogP contribution is -2.45. The van der Waals surface area contributed by atoms with E-state index in [1.807, 2.05) is 30.0 Å². The predicted octanol–water partition coefficient (Wildman–Crippen LogP) is 2.45. The first kappa shape index (κ1) is 18.9. The van der Waals surface area contributed by atoms with Crippen molar-refractivity contribution in [3.63, 3.8) is 0 Å². The Labute approximate surface area is 167 Å². The Kier molecular flexibility index (Phi) is 5.11. The fourth-order valence-corrected chi connectivity index (χ4v) is 3.59. The molecule has 9 nitrogen and oxygen atoms in total. The molecule has 2 atom stereocenters. The van der Waals surface area contributed by atoms with Crippen molar-refractivity contribution in [2.45, 2.75) is 31.7 Å². The number of rotatable bonds is 4.